The summed E-state index contributed by atoms with van der Waals surface area (Å²) in [5, 5.41) is 0. The van der Waals surface area contributed by atoms with E-state index in [2.05, 4.69) is 19.6 Å². The lowest BCUT2D eigenvalue weighted by Crippen LogP contribution is -1.98. The van der Waals surface area contributed by atoms with Crippen LogP contribution in [0.3, 0.4) is 0 Å². The van der Waals surface area contributed by atoms with Crippen LogP contribution in [0.4, 0.5) is 0 Å². The molecule has 0 saturated carbocycles. The van der Waals surface area contributed by atoms with Crippen LogP contribution in [0.5, 0.6) is 0 Å². The first-order valence-corrected chi connectivity index (χ1v) is 10.3. The van der Waals surface area contributed by atoms with Crippen molar-refractivity contribution in [3.8, 4) is 0 Å². The van der Waals surface area contributed by atoms with Crippen molar-refractivity contribution >= 4 is 5.97 Å². The van der Waals surface area contributed by atoms with Crippen LogP contribution in [0, 0.1) is 0 Å². The summed E-state index contributed by atoms with van der Waals surface area (Å²) in [6, 6.07) is 0. The van der Waals surface area contributed by atoms with Crippen molar-refractivity contribution in [1.29, 1.82) is 0 Å². The molecule has 0 aromatic rings. The molecule has 0 unspecified atom stereocenters. The van der Waals surface area contributed by atoms with Crippen LogP contribution >= 0.6 is 0 Å². The molecule has 0 heterocycles. The summed E-state index contributed by atoms with van der Waals surface area (Å²) in [7, 11) is 0. The van der Waals surface area contributed by atoms with Gasteiger partial charge < -0.3 is 4.74 Å². The first-order chi connectivity index (χ1) is 11.8. The lowest BCUT2D eigenvalue weighted by molar-refractivity contribution is -0.136. The molecule has 0 amide bonds. The highest BCUT2D eigenvalue weighted by atomic mass is 16.5. The van der Waals surface area contributed by atoms with E-state index < -0.39 is 0 Å². The molecular weight excluding hydrogens is 296 g/mol. The molecular formula is C22H40O2. The predicted molar refractivity (Wildman–Crippen MR) is 105 cm³/mol. The van der Waals surface area contributed by atoms with Crippen molar-refractivity contribution in [3.05, 3.63) is 24.8 Å². The molecule has 0 bridgehead atoms. The molecule has 0 saturated heterocycles. The van der Waals surface area contributed by atoms with Crippen LogP contribution in [0.15, 0.2) is 24.8 Å². The van der Waals surface area contributed by atoms with Gasteiger partial charge in [0.25, 0.3) is 0 Å². The molecule has 0 fully saturated rings. The zero-order chi connectivity index (χ0) is 17.7. The predicted octanol–water partition coefficient (Wildman–Crippen LogP) is 7.14. The minimum Gasteiger partial charge on any atom is -0.458 e. The molecule has 0 radical (unpaired) electrons. The lowest BCUT2D eigenvalue weighted by atomic mass is 10.0. The number of carbonyl (C=O) groups excluding carboxylic acids is 1. The number of carbonyl (C=O) groups is 1. The van der Waals surface area contributed by atoms with Crippen molar-refractivity contribution in [1.82, 2.24) is 0 Å². The van der Waals surface area contributed by atoms with Gasteiger partial charge in [-0.15, -0.1) is 0 Å². The van der Waals surface area contributed by atoms with E-state index in [0.29, 0.717) is 6.61 Å². The van der Waals surface area contributed by atoms with Gasteiger partial charge in [-0.2, -0.15) is 0 Å². The third-order valence-corrected chi connectivity index (χ3v) is 4.38. The molecule has 0 aliphatic rings. The maximum Gasteiger partial charge on any atom is 0.330 e. The minimum atomic E-state index is -0.351. The second kappa shape index (κ2) is 20.0. The fourth-order valence-corrected chi connectivity index (χ4v) is 2.83. The van der Waals surface area contributed by atoms with Crippen molar-refractivity contribution in [2.45, 2.75) is 103 Å². The summed E-state index contributed by atoms with van der Waals surface area (Å²) >= 11 is 0. The zero-order valence-corrected chi connectivity index (χ0v) is 16.1. The Morgan fingerprint density at radius 3 is 1.67 bits per heavy atom. The van der Waals surface area contributed by atoms with Gasteiger partial charge in [-0.25, -0.2) is 4.79 Å². The highest BCUT2D eigenvalue weighted by Crippen LogP contribution is 2.13. The summed E-state index contributed by atoms with van der Waals surface area (Å²) in [6.07, 6.45) is 25.8. The van der Waals surface area contributed by atoms with Crippen LogP contribution in [0.1, 0.15) is 103 Å². The van der Waals surface area contributed by atoms with Gasteiger partial charge in [0.1, 0.15) is 6.61 Å². The summed E-state index contributed by atoms with van der Waals surface area (Å²) in [5.41, 5.74) is 0. The van der Waals surface area contributed by atoms with Gasteiger partial charge in [-0.1, -0.05) is 109 Å². The molecule has 0 spiro atoms. The van der Waals surface area contributed by atoms with Gasteiger partial charge in [0.2, 0.25) is 0 Å². The molecule has 2 heteroatoms. The molecule has 0 aliphatic carbocycles. The van der Waals surface area contributed by atoms with E-state index in [9.17, 15) is 4.79 Å². The van der Waals surface area contributed by atoms with Crippen LogP contribution in [0.2, 0.25) is 0 Å². The molecule has 0 aromatic carbocycles. The lowest BCUT2D eigenvalue weighted by Gasteiger charge is -2.02. The maximum absolute atomic E-state index is 10.8. The number of hydrogen-bond donors (Lipinski definition) is 0. The molecule has 2 nitrogen and oxygen atoms in total. The normalized spacial score (nSPS) is 11.0. The topological polar surface area (TPSA) is 26.3 Å². The quantitative estimate of drug-likeness (QED) is 0.115. The molecule has 0 rings (SSSR count). The van der Waals surface area contributed by atoms with Crippen LogP contribution < -0.4 is 0 Å². The molecule has 0 aliphatic heterocycles. The first kappa shape index (κ1) is 22.9. The Balaban J connectivity index is 3.08. The van der Waals surface area contributed by atoms with Gasteiger partial charge in [0.05, 0.1) is 0 Å². The number of esters is 1. The minimum absolute atomic E-state index is 0.351. The zero-order valence-electron chi connectivity index (χ0n) is 16.1. The molecule has 0 aromatic heterocycles. The van der Waals surface area contributed by atoms with Crippen molar-refractivity contribution in [3.63, 3.8) is 0 Å². The summed E-state index contributed by atoms with van der Waals surface area (Å²) < 4.78 is 4.87. The van der Waals surface area contributed by atoms with E-state index in [1.165, 1.54) is 96.0 Å². The van der Waals surface area contributed by atoms with Gasteiger partial charge in [0.15, 0.2) is 0 Å². The number of rotatable bonds is 18. The Morgan fingerprint density at radius 1 is 0.750 bits per heavy atom. The van der Waals surface area contributed by atoms with Crippen LogP contribution in [0.25, 0.3) is 0 Å². The number of unbranched alkanes of at least 4 members (excludes halogenated alkanes) is 14. The Morgan fingerprint density at radius 2 is 1.21 bits per heavy atom. The SMILES string of the molecule is C=CC(=O)OC/C=C/CCCCCCCCCCCCCCCC. The van der Waals surface area contributed by atoms with Crippen LogP contribution in [-0.2, 0) is 9.53 Å². The monoisotopic (exact) mass is 336 g/mol. The molecule has 24 heavy (non-hydrogen) atoms. The highest BCUT2D eigenvalue weighted by molar-refractivity contribution is 5.81. The second-order valence-corrected chi connectivity index (χ2v) is 6.69. The average molecular weight is 337 g/mol. The van der Waals surface area contributed by atoms with E-state index >= 15 is 0 Å². The average Bonchev–Trinajstić information content (AvgIpc) is 2.60. The van der Waals surface area contributed by atoms with Gasteiger partial charge >= 0.3 is 5.97 Å². The summed E-state index contributed by atoms with van der Waals surface area (Å²) in [5.74, 6) is -0.351. The van der Waals surface area contributed by atoms with Crippen molar-refractivity contribution < 1.29 is 9.53 Å². The molecule has 140 valence electrons. The van der Waals surface area contributed by atoms with E-state index in [-0.39, 0.29) is 5.97 Å². The Kier molecular flexibility index (Phi) is 19.1. The Hall–Kier alpha value is -1.05. The van der Waals surface area contributed by atoms with E-state index in [1.54, 1.807) is 0 Å². The van der Waals surface area contributed by atoms with E-state index in [4.69, 9.17) is 4.74 Å². The number of allylic oxidation sites excluding steroid dienone is 1. The van der Waals surface area contributed by atoms with Crippen molar-refractivity contribution in [2.75, 3.05) is 6.61 Å². The van der Waals surface area contributed by atoms with E-state index in [0.717, 1.165) is 6.42 Å². The Labute approximate surface area is 150 Å². The van der Waals surface area contributed by atoms with Crippen molar-refractivity contribution in [2.24, 2.45) is 0 Å². The Bertz CT molecular complexity index is 307. The molecule has 0 atom stereocenters. The first-order valence-electron chi connectivity index (χ1n) is 10.3. The fourth-order valence-electron chi connectivity index (χ4n) is 2.83. The molecule has 0 N–H and O–H groups in total. The standard InChI is InChI=1S/C22H40O2/c1-3-5-6-7-8-9-10-11-12-13-14-15-16-17-18-19-20-21-24-22(23)4-2/h4,19-20H,2-3,5-18,21H2,1H3/b20-19+. The van der Waals surface area contributed by atoms with Gasteiger partial charge in [-0.05, 0) is 12.8 Å². The van der Waals surface area contributed by atoms with Crippen LogP contribution in [-0.4, -0.2) is 12.6 Å². The highest BCUT2D eigenvalue weighted by Gasteiger charge is 1.94. The number of hydrogen-bond acceptors (Lipinski definition) is 2. The van der Waals surface area contributed by atoms with Gasteiger partial charge in [0, 0.05) is 6.08 Å². The fraction of sp³-hybridized carbons (Fsp3) is 0.773. The number of ether oxygens (including phenoxy) is 1. The third kappa shape index (κ3) is 19.0. The maximum atomic E-state index is 10.8. The van der Waals surface area contributed by atoms with Gasteiger partial charge in [-0.3, -0.25) is 0 Å². The smallest absolute Gasteiger partial charge is 0.330 e. The summed E-state index contributed by atoms with van der Waals surface area (Å²) in [4.78, 5) is 10.8. The largest absolute Gasteiger partial charge is 0.458 e. The summed E-state index contributed by atoms with van der Waals surface area (Å²) in [6.45, 7) is 6.00. The third-order valence-electron chi connectivity index (χ3n) is 4.38. The van der Waals surface area contributed by atoms with E-state index in [1.807, 2.05) is 6.08 Å². The second-order valence-electron chi connectivity index (χ2n) is 6.69.